The third-order valence-electron chi connectivity index (χ3n) is 4.68. The third kappa shape index (κ3) is 7.22. The highest BCUT2D eigenvalue weighted by Gasteiger charge is 2.17. The first kappa shape index (κ1) is 19.3. The van der Waals surface area contributed by atoms with Crippen LogP contribution in [0.2, 0.25) is 0 Å². The molecule has 0 aliphatic heterocycles. The summed E-state index contributed by atoms with van der Waals surface area (Å²) in [7, 11) is 4.23. The highest BCUT2D eigenvalue weighted by Crippen LogP contribution is 2.17. The summed E-state index contributed by atoms with van der Waals surface area (Å²) in [6.45, 7) is 2.77. The van der Waals surface area contributed by atoms with E-state index in [-0.39, 0.29) is 0 Å². The van der Waals surface area contributed by atoms with Crippen molar-refractivity contribution in [2.45, 2.75) is 64.0 Å². The average Bonchev–Trinajstić information content (AvgIpc) is 3.01. The Morgan fingerprint density at radius 3 is 2.50 bits per heavy atom. The van der Waals surface area contributed by atoms with Gasteiger partial charge in [0.1, 0.15) is 5.76 Å². The second-order valence-electron chi connectivity index (χ2n) is 7.15. The number of hydrogen-bond acceptors (Lipinski definition) is 3. The molecule has 24 heavy (non-hydrogen) atoms. The Bertz CT molecular complexity index is 453. The number of furan rings is 1. The zero-order valence-electron chi connectivity index (χ0n) is 15.3. The van der Waals surface area contributed by atoms with Crippen LogP contribution in [0.5, 0.6) is 0 Å². The van der Waals surface area contributed by atoms with E-state index in [9.17, 15) is 0 Å². The van der Waals surface area contributed by atoms with E-state index in [1.165, 1.54) is 44.9 Å². The monoisotopic (exact) mass is 351 g/mol. The van der Waals surface area contributed by atoms with Crippen molar-refractivity contribution < 1.29 is 4.42 Å². The first-order chi connectivity index (χ1) is 11.6. The van der Waals surface area contributed by atoms with Gasteiger partial charge in [-0.15, -0.1) is 0 Å². The summed E-state index contributed by atoms with van der Waals surface area (Å²) in [5.74, 6) is 0.974. The number of thiocarbonyl (C=S) groups is 1. The van der Waals surface area contributed by atoms with E-state index in [4.69, 9.17) is 16.6 Å². The summed E-state index contributed by atoms with van der Waals surface area (Å²) in [6.07, 6.45) is 12.1. The van der Waals surface area contributed by atoms with Crippen LogP contribution in [-0.2, 0) is 6.54 Å². The number of hydrogen-bond donors (Lipinski definition) is 1. The molecule has 1 heterocycles. The second-order valence-corrected chi connectivity index (χ2v) is 7.54. The quantitative estimate of drug-likeness (QED) is 0.750. The molecule has 0 spiro atoms. The molecule has 1 saturated carbocycles. The van der Waals surface area contributed by atoms with Crippen molar-refractivity contribution in [3.05, 3.63) is 24.2 Å². The van der Waals surface area contributed by atoms with Gasteiger partial charge < -0.3 is 19.5 Å². The maximum atomic E-state index is 5.75. The van der Waals surface area contributed by atoms with Crippen molar-refractivity contribution >= 4 is 17.3 Å². The minimum atomic E-state index is 0.533. The molecule has 4 nitrogen and oxygen atoms in total. The van der Waals surface area contributed by atoms with Gasteiger partial charge in [0, 0.05) is 12.6 Å². The van der Waals surface area contributed by atoms with E-state index >= 15 is 0 Å². The van der Waals surface area contributed by atoms with Crippen molar-refractivity contribution in [1.82, 2.24) is 15.1 Å². The molecule has 0 unspecified atom stereocenters. The Balaban J connectivity index is 1.88. The molecule has 1 aromatic rings. The Kier molecular flexibility index (Phi) is 8.60. The number of rotatable bonds is 7. The van der Waals surface area contributed by atoms with Gasteiger partial charge in [-0.1, -0.05) is 32.1 Å². The SMILES string of the molecule is CN(C)CCCN(Cc1ccco1)C(=S)NC1CCCCCCC1. The summed E-state index contributed by atoms with van der Waals surface area (Å²) in [5, 5.41) is 4.52. The molecule has 136 valence electrons. The van der Waals surface area contributed by atoms with Crippen LogP contribution in [-0.4, -0.2) is 48.1 Å². The van der Waals surface area contributed by atoms with Crippen molar-refractivity contribution in [3.63, 3.8) is 0 Å². The largest absolute Gasteiger partial charge is 0.467 e. The fraction of sp³-hybridized carbons (Fsp3) is 0.737. The standard InChI is InChI=1S/C19H33N3OS/c1-21(2)13-9-14-22(16-18-12-8-15-23-18)19(24)20-17-10-6-4-3-5-7-11-17/h8,12,15,17H,3-7,9-11,13-14,16H2,1-2H3,(H,20,24). The van der Waals surface area contributed by atoms with Gasteiger partial charge in [0.2, 0.25) is 0 Å². The molecule has 1 aliphatic carbocycles. The lowest BCUT2D eigenvalue weighted by atomic mass is 9.97. The summed E-state index contributed by atoms with van der Waals surface area (Å²) in [4.78, 5) is 4.48. The molecule has 0 bridgehead atoms. The molecule has 5 heteroatoms. The average molecular weight is 352 g/mol. The fourth-order valence-electron chi connectivity index (χ4n) is 3.29. The maximum Gasteiger partial charge on any atom is 0.169 e. The highest BCUT2D eigenvalue weighted by molar-refractivity contribution is 7.80. The molecular weight excluding hydrogens is 318 g/mol. The fourth-order valence-corrected chi connectivity index (χ4v) is 3.61. The van der Waals surface area contributed by atoms with Crippen LogP contribution in [0.1, 0.15) is 57.1 Å². The van der Waals surface area contributed by atoms with Gasteiger partial charge in [0.15, 0.2) is 5.11 Å². The van der Waals surface area contributed by atoms with Crippen LogP contribution >= 0.6 is 12.2 Å². The van der Waals surface area contributed by atoms with E-state index in [0.29, 0.717) is 6.04 Å². The molecule has 2 rings (SSSR count). The predicted molar refractivity (Wildman–Crippen MR) is 104 cm³/mol. The van der Waals surface area contributed by atoms with E-state index in [1.54, 1.807) is 6.26 Å². The van der Waals surface area contributed by atoms with E-state index in [1.807, 2.05) is 12.1 Å². The van der Waals surface area contributed by atoms with Crippen LogP contribution in [0.25, 0.3) is 0 Å². The summed E-state index contributed by atoms with van der Waals surface area (Å²) in [5.41, 5.74) is 0. The molecule has 0 atom stereocenters. The molecule has 0 aromatic carbocycles. The molecule has 1 fully saturated rings. The van der Waals surface area contributed by atoms with Crippen molar-refractivity contribution in [1.29, 1.82) is 0 Å². The van der Waals surface area contributed by atoms with Gasteiger partial charge >= 0.3 is 0 Å². The Hall–Kier alpha value is -1.07. The van der Waals surface area contributed by atoms with Gasteiger partial charge in [-0.05, 0) is 64.3 Å². The second kappa shape index (κ2) is 10.7. The van der Waals surface area contributed by atoms with Gasteiger partial charge in [-0.25, -0.2) is 0 Å². The van der Waals surface area contributed by atoms with Gasteiger partial charge in [0.25, 0.3) is 0 Å². The van der Waals surface area contributed by atoms with Crippen LogP contribution in [0.4, 0.5) is 0 Å². The lowest BCUT2D eigenvalue weighted by molar-refractivity contribution is 0.314. The van der Waals surface area contributed by atoms with Crippen molar-refractivity contribution in [2.24, 2.45) is 0 Å². The molecule has 0 saturated heterocycles. The summed E-state index contributed by atoms with van der Waals surface area (Å²) >= 11 is 5.75. The van der Waals surface area contributed by atoms with Crippen LogP contribution in [0.3, 0.4) is 0 Å². The molecular formula is C19H33N3OS. The Morgan fingerprint density at radius 1 is 1.17 bits per heavy atom. The first-order valence-electron chi connectivity index (χ1n) is 9.37. The minimum absolute atomic E-state index is 0.533. The summed E-state index contributed by atoms with van der Waals surface area (Å²) < 4.78 is 5.53. The van der Waals surface area contributed by atoms with Crippen LogP contribution in [0.15, 0.2) is 22.8 Å². The van der Waals surface area contributed by atoms with E-state index < -0.39 is 0 Å². The molecule has 1 aromatic heterocycles. The van der Waals surface area contributed by atoms with Crippen molar-refractivity contribution in [3.8, 4) is 0 Å². The topological polar surface area (TPSA) is 31.6 Å². The maximum absolute atomic E-state index is 5.75. The van der Waals surface area contributed by atoms with Gasteiger partial charge in [0.05, 0.1) is 12.8 Å². The lowest BCUT2D eigenvalue weighted by Gasteiger charge is -2.30. The van der Waals surface area contributed by atoms with Crippen LogP contribution in [0, 0.1) is 0 Å². The third-order valence-corrected chi connectivity index (χ3v) is 5.06. The number of nitrogens with one attached hydrogen (secondary N) is 1. The smallest absolute Gasteiger partial charge is 0.169 e. The van der Waals surface area contributed by atoms with Gasteiger partial charge in [-0.3, -0.25) is 0 Å². The predicted octanol–water partition coefficient (Wildman–Crippen LogP) is 4.02. The highest BCUT2D eigenvalue weighted by atomic mass is 32.1. The van der Waals surface area contributed by atoms with Crippen molar-refractivity contribution in [2.75, 3.05) is 27.2 Å². The summed E-state index contributed by atoms with van der Waals surface area (Å²) in [6, 6.07) is 4.50. The first-order valence-corrected chi connectivity index (χ1v) is 9.78. The Morgan fingerprint density at radius 2 is 1.88 bits per heavy atom. The van der Waals surface area contributed by atoms with Gasteiger partial charge in [-0.2, -0.15) is 0 Å². The molecule has 0 amide bonds. The van der Waals surface area contributed by atoms with E-state index in [2.05, 4.69) is 29.2 Å². The minimum Gasteiger partial charge on any atom is -0.467 e. The van der Waals surface area contributed by atoms with Crippen LogP contribution < -0.4 is 5.32 Å². The normalized spacial score (nSPS) is 16.6. The Labute approximate surface area is 152 Å². The zero-order valence-corrected chi connectivity index (χ0v) is 16.1. The zero-order chi connectivity index (χ0) is 17.2. The molecule has 1 N–H and O–H groups in total. The number of nitrogens with zero attached hydrogens (tertiary/aromatic N) is 2. The molecule has 0 radical (unpaired) electrons. The molecule has 1 aliphatic rings. The van der Waals surface area contributed by atoms with E-state index in [0.717, 1.165) is 36.9 Å². The lowest BCUT2D eigenvalue weighted by Crippen LogP contribution is -2.45.